The molecule has 0 amide bonds. The monoisotopic (exact) mass is 218 g/mol. The van der Waals surface area contributed by atoms with Crippen molar-refractivity contribution < 1.29 is 13.6 Å². The molecule has 1 aromatic carbocycles. The van der Waals surface area contributed by atoms with Crippen LogP contribution in [0.5, 0.6) is 0 Å². The predicted molar refractivity (Wildman–Crippen MR) is 57.8 cm³/mol. The minimum Gasteiger partial charge on any atom is -0.458 e. The van der Waals surface area contributed by atoms with Crippen molar-refractivity contribution in [3.63, 3.8) is 0 Å². The Kier molecular flexibility index (Phi) is 2.06. The minimum atomic E-state index is -0.340. The molecule has 0 saturated heterocycles. The molecule has 0 radical (unpaired) electrons. The maximum atomic E-state index is 13.4. The van der Waals surface area contributed by atoms with E-state index in [9.17, 15) is 9.18 Å². The predicted octanol–water partition coefficient (Wildman–Crippen LogP) is 3.41. The second-order valence-electron chi connectivity index (χ2n) is 4.29. The average Bonchev–Trinajstić information content (AvgIpc) is 2.84. The van der Waals surface area contributed by atoms with Gasteiger partial charge >= 0.3 is 0 Å². The van der Waals surface area contributed by atoms with Crippen molar-refractivity contribution in [2.45, 2.75) is 25.2 Å². The Morgan fingerprint density at radius 3 is 2.94 bits per heavy atom. The maximum absolute atomic E-state index is 13.4. The third-order valence-corrected chi connectivity index (χ3v) is 3.16. The molecule has 1 atom stereocenters. The van der Waals surface area contributed by atoms with Crippen molar-refractivity contribution in [1.82, 2.24) is 0 Å². The van der Waals surface area contributed by atoms with E-state index < -0.39 is 0 Å². The third kappa shape index (κ3) is 1.43. The van der Waals surface area contributed by atoms with E-state index in [0.717, 1.165) is 17.6 Å². The lowest BCUT2D eigenvalue weighted by atomic mass is 10.1. The summed E-state index contributed by atoms with van der Waals surface area (Å²) in [6.07, 6.45) is 1.96. The Labute approximate surface area is 92.1 Å². The van der Waals surface area contributed by atoms with Crippen LogP contribution in [0.25, 0.3) is 11.0 Å². The van der Waals surface area contributed by atoms with Crippen LogP contribution in [-0.4, -0.2) is 5.78 Å². The first kappa shape index (κ1) is 9.58. The highest BCUT2D eigenvalue weighted by Crippen LogP contribution is 2.35. The van der Waals surface area contributed by atoms with Crippen molar-refractivity contribution in [3.8, 4) is 0 Å². The molecule has 0 N–H and O–H groups in total. The number of para-hydroxylation sites is 1. The largest absolute Gasteiger partial charge is 0.458 e. The Bertz CT molecular complexity index is 556. The van der Waals surface area contributed by atoms with Crippen LogP contribution in [0.3, 0.4) is 0 Å². The highest BCUT2D eigenvalue weighted by Gasteiger charge is 2.26. The summed E-state index contributed by atoms with van der Waals surface area (Å²) in [6.45, 7) is 0. The second-order valence-corrected chi connectivity index (χ2v) is 4.29. The Morgan fingerprint density at radius 1 is 1.38 bits per heavy atom. The molecule has 1 unspecified atom stereocenters. The molecule has 1 aliphatic rings. The number of rotatable bonds is 1. The van der Waals surface area contributed by atoms with Gasteiger partial charge in [-0.3, -0.25) is 4.79 Å². The lowest BCUT2D eigenvalue weighted by Crippen LogP contribution is -1.91. The smallest absolute Gasteiger partial charge is 0.169 e. The number of benzene rings is 1. The minimum absolute atomic E-state index is 0.138. The van der Waals surface area contributed by atoms with Crippen molar-refractivity contribution in [2.75, 3.05) is 0 Å². The van der Waals surface area contributed by atoms with E-state index in [0.29, 0.717) is 18.4 Å². The highest BCUT2D eigenvalue weighted by atomic mass is 19.1. The topological polar surface area (TPSA) is 30.2 Å². The normalized spacial score (nSPS) is 20.8. The summed E-state index contributed by atoms with van der Waals surface area (Å²) in [5.74, 6) is 0.809. The van der Waals surface area contributed by atoms with E-state index >= 15 is 0 Å². The zero-order chi connectivity index (χ0) is 11.1. The van der Waals surface area contributed by atoms with E-state index in [1.165, 1.54) is 6.07 Å². The van der Waals surface area contributed by atoms with Crippen LogP contribution in [0.2, 0.25) is 0 Å². The van der Waals surface area contributed by atoms with Gasteiger partial charge in [0, 0.05) is 24.1 Å². The summed E-state index contributed by atoms with van der Waals surface area (Å²) >= 11 is 0. The Hall–Kier alpha value is -1.64. The molecule has 3 heteroatoms. The van der Waals surface area contributed by atoms with Gasteiger partial charge in [0.1, 0.15) is 11.5 Å². The number of carbonyl (C=O) groups excluding carboxylic acids is 1. The third-order valence-electron chi connectivity index (χ3n) is 3.16. The van der Waals surface area contributed by atoms with Gasteiger partial charge in [0.2, 0.25) is 0 Å². The van der Waals surface area contributed by atoms with Gasteiger partial charge in [0.15, 0.2) is 11.4 Å². The van der Waals surface area contributed by atoms with Gasteiger partial charge < -0.3 is 4.42 Å². The molecule has 2 aromatic rings. The molecule has 3 rings (SSSR count). The molecule has 82 valence electrons. The number of Topliss-reactive ketones (excluding diaryl/α,β-unsaturated/α-hetero) is 1. The fraction of sp³-hybridized carbons (Fsp3) is 0.308. The summed E-state index contributed by atoms with van der Waals surface area (Å²) < 4.78 is 18.9. The summed E-state index contributed by atoms with van der Waals surface area (Å²) in [5.41, 5.74) is 0.303. The molecule has 1 heterocycles. The zero-order valence-electron chi connectivity index (χ0n) is 8.70. The second kappa shape index (κ2) is 3.44. The molecule has 1 aromatic heterocycles. The first-order valence-electron chi connectivity index (χ1n) is 5.44. The lowest BCUT2D eigenvalue weighted by molar-refractivity contribution is -0.117. The van der Waals surface area contributed by atoms with Crippen molar-refractivity contribution >= 4 is 16.8 Å². The molecule has 1 saturated carbocycles. The summed E-state index contributed by atoms with van der Waals surface area (Å²) in [4.78, 5) is 11.2. The van der Waals surface area contributed by atoms with Gasteiger partial charge in [-0.05, 0) is 18.6 Å². The molecule has 0 aliphatic heterocycles. The molecular weight excluding hydrogens is 207 g/mol. The standard InChI is InChI=1S/C13H11FO2/c14-11-3-1-2-9-7-12(16-13(9)11)8-4-5-10(15)6-8/h1-3,7-8H,4-6H2. The SMILES string of the molecule is O=C1CCC(c2cc3cccc(F)c3o2)C1. The van der Waals surface area contributed by atoms with E-state index in [-0.39, 0.29) is 17.5 Å². The number of hydrogen-bond acceptors (Lipinski definition) is 2. The van der Waals surface area contributed by atoms with E-state index in [4.69, 9.17) is 4.42 Å². The van der Waals surface area contributed by atoms with Crippen LogP contribution >= 0.6 is 0 Å². The average molecular weight is 218 g/mol. The number of fused-ring (bicyclic) bond motifs is 1. The van der Waals surface area contributed by atoms with Gasteiger partial charge in [-0.15, -0.1) is 0 Å². The molecule has 16 heavy (non-hydrogen) atoms. The summed E-state index contributed by atoms with van der Waals surface area (Å²) in [6, 6.07) is 6.72. The molecular formula is C13H11FO2. The summed E-state index contributed by atoms with van der Waals surface area (Å²) in [7, 11) is 0. The first-order valence-corrected chi connectivity index (χ1v) is 5.44. The summed E-state index contributed by atoms with van der Waals surface area (Å²) in [5, 5.41) is 0.773. The van der Waals surface area contributed by atoms with Gasteiger partial charge in [-0.1, -0.05) is 12.1 Å². The van der Waals surface area contributed by atoms with E-state index in [1.807, 2.05) is 12.1 Å². The van der Waals surface area contributed by atoms with Gasteiger partial charge in [-0.2, -0.15) is 0 Å². The molecule has 1 fully saturated rings. The number of furan rings is 1. The number of carbonyl (C=O) groups is 1. The number of ketones is 1. The zero-order valence-corrected chi connectivity index (χ0v) is 8.70. The van der Waals surface area contributed by atoms with Crippen LogP contribution in [0.4, 0.5) is 4.39 Å². The van der Waals surface area contributed by atoms with Gasteiger partial charge in [0.25, 0.3) is 0 Å². The number of hydrogen-bond donors (Lipinski definition) is 0. The van der Waals surface area contributed by atoms with E-state index in [1.54, 1.807) is 6.07 Å². The fourth-order valence-corrected chi connectivity index (χ4v) is 2.31. The van der Waals surface area contributed by atoms with Crippen molar-refractivity contribution in [3.05, 3.63) is 35.8 Å². The van der Waals surface area contributed by atoms with Gasteiger partial charge in [-0.25, -0.2) is 4.39 Å². The van der Waals surface area contributed by atoms with Crippen molar-refractivity contribution in [1.29, 1.82) is 0 Å². The molecule has 0 bridgehead atoms. The Morgan fingerprint density at radius 2 is 2.25 bits per heavy atom. The molecule has 1 aliphatic carbocycles. The molecule has 0 spiro atoms. The van der Waals surface area contributed by atoms with Crippen LogP contribution in [-0.2, 0) is 4.79 Å². The fourth-order valence-electron chi connectivity index (χ4n) is 2.31. The van der Waals surface area contributed by atoms with Crippen LogP contribution in [0.15, 0.2) is 28.7 Å². The highest BCUT2D eigenvalue weighted by molar-refractivity contribution is 5.83. The lowest BCUT2D eigenvalue weighted by Gasteiger charge is -2.01. The maximum Gasteiger partial charge on any atom is 0.169 e. The van der Waals surface area contributed by atoms with Crippen LogP contribution in [0, 0.1) is 5.82 Å². The van der Waals surface area contributed by atoms with Gasteiger partial charge in [0.05, 0.1) is 0 Å². The van der Waals surface area contributed by atoms with Crippen LogP contribution in [0.1, 0.15) is 30.9 Å². The quantitative estimate of drug-likeness (QED) is 0.734. The van der Waals surface area contributed by atoms with Crippen LogP contribution < -0.4 is 0 Å². The first-order chi connectivity index (χ1) is 7.74. The van der Waals surface area contributed by atoms with E-state index in [2.05, 4.69) is 0 Å². The Balaban J connectivity index is 2.05. The number of halogens is 1. The van der Waals surface area contributed by atoms with Crippen molar-refractivity contribution in [2.24, 2.45) is 0 Å². The molecule has 2 nitrogen and oxygen atoms in total.